The second kappa shape index (κ2) is 5.53. The van der Waals surface area contributed by atoms with Gasteiger partial charge in [0.05, 0.1) is 4.88 Å². The van der Waals surface area contributed by atoms with Crippen molar-refractivity contribution in [1.29, 1.82) is 0 Å². The number of amides is 1. The van der Waals surface area contributed by atoms with Crippen LogP contribution in [0.5, 0.6) is 0 Å². The lowest BCUT2D eigenvalue weighted by Crippen LogP contribution is -2.29. The third-order valence-electron chi connectivity index (χ3n) is 2.05. The van der Waals surface area contributed by atoms with Gasteiger partial charge in [-0.05, 0) is 23.1 Å². The molecule has 2 aromatic heterocycles. The number of rotatable bonds is 5. The minimum Gasteiger partial charge on any atom is -0.354 e. The Hall–Kier alpha value is -1.76. The van der Waals surface area contributed by atoms with Gasteiger partial charge in [0.1, 0.15) is 6.54 Å². The van der Waals surface area contributed by atoms with E-state index in [-0.39, 0.29) is 12.5 Å². The smallest absolute Gasteiger partial charge is 0.243 e. The first-order chi connectivity index (χ1) is 8.29. The molecule has 0 aromatic carbocycles. The van der Waals surface area contributed by atoms with E-state index in [0.717, 1.165) is 11.3 Å². The summed E-state index contributed by atoms with van der Waals surface area (Å²) in [7, 11) is 0. The van der Waals surface area contributed by atoms with Crippen LogP contribution in [0.15, 0.2) is 17.5 Å². The van der Waals surface area contributed by atoms with Gasteiger partial charge in [-0.2, -0.15) is 4.80 Å². The highest BCUT2D eigenvalue weighted by Gasteiger charge is 2.09. The molecule has 0 saturated carbocycles. The van der Waals surface area contributed by atoms with Crippen molar-refractivity contribution in [2.45, 2.75) is 19.9 Å². The number of hydrogen-bond acceptors (Lipinski definition) is 5. The monoisotopic (exact) mass is 251 g/mol. The van der Waals surface area contributed by atoms with Crippen molar-refractivity contribution in [1.82, 2.24) is 25.5 Å². The molecule has 0 aliphatic rings. The van der Waals surface area contributed by atoms with E-state index in [1.54, 1.807) is 11.3 Å². The summed E-state index contributed by atoms with van der Waals surface area (Å²) in [6, 6.07) is 3.85. The Morgan fingerprint density at radius 3 is 3.18 bits per heavy atom. The van der Waals surface area contributed by atoms with Gasteiger partial charge in [0.15, 0.2) is 0 Å². The zero-order chi connectivity index (χ0) is 12.1. The highest BCUT2D eigenvalue weighted by Crippen LogP contribution is 2.19. The third-order valence-corrected chi connectivity index (χ3v) is 2.92. The number of carbonyl (C=O) groups is 1. The molecule has 0 radical (unpaired) electrons. The molecular formula is C10H13N5OS. The molecule has 2 rings (SSSR count). The third kappa shape index (κ3) is 3.10. The van der Waals surface area contributed by atoms with Crippen molar-refractivity contribution in [2.75, 3.05) is 6.54 Å². The fraction of sp³-hybridized carbons (Fsp3) is 0.400. The molecule has 17 heavy (non-hydrogen) atoms. The SMILES string of the molecule is CCCNC(=O)Cn1nnc(-c2cccs2)n1. The predicted octanol–water partition coefficient (Wildman–Crippen LogP) is 0.928. The van der Waals surface area contributed by atoms with Crippen LogP contribution >= 0.6 is 11.3 Å². The van der Waals surface area contributed by atoms with Gasteiger partial charge in [-0.25, -0.2) is 0 Å². The Kier molecular flexibility index (Phi) is 3.81. The predicted molar refractivity (Wildman–Crippen MR) is 64.4 cm³/mol. The molecule has 0 bridgehead atoms. The van der Waals surface area contributed by atoms with E-state index < -0.39 is 0 Å². The summed E-state index contributed by atoms with van der Waals surface area (Å²) in [5.74, 6) is 0.463. The van der Waals surface area contributed by atoms with Gasteiger partial charge in [-0.1, -0.05) is 13.0 Å². The molecule has 0 spiro atoms. The highest BCUT2D eigenvalue weighted by atomic mass is 32.1. The fourth-order valence-electron chi connectivity index (χ4n) is 1.26. The molecular weight excluding hydrogens is 238 g/mol. The average molecular weight is 251 g/mol. The molecule has 0 aliphatic carbocycles. The number of carbonyl (C=O) groups excluding carboxylic acids is 1. The second-order valence-corrected chi connectivity index (χ2v) is 4.42. The Bertz CT molecular complexity index is 479. The zero-order valence-electron chi connectivity index (χ0n) is 9.46. The zero-order valence-corrected chi connectivity index (χ0v) is 10.3. The summed E-state index contributed by atoms with van der Waals surface area (Å²) in [5.41, 5.74) is 0. The molecule has 2 aromatic rings. The molecule has 7 heteroatoms. The molecule has 0 saturated heterocycles. The van der Waals surface area contributed by atoms with Crippen molar-refractivity contribution in [3.05, 3.63) is 17.5 Å². The van der Waals surface area contributed by atoms with Gasteiger partial charge in [0, 0.05) is 6.54 Å². The lowest BCUT2D eigenvalue weighted by molar-refractivity contribution is -0.122. The lowest BCUT2D eigenvalue weighted by Gasteiger charge is -2.00. The van der Waals surface area contributed by atoms with Crippen molar-refractivity contribution in [3.8, 4) is 10.7 Å². The van der Waals surface area contributed by atoms with E-state index in [0.29, 0.717) is 12.4 Å². The van der Waals surface area contributed by atoms with Crippen LogP contribution in [0.4, 0.5) is 0 Å². The van der Waals surface area contributed by atoms with Crippen molar-refractivity contribution >= 4 is 17.2 Å². The number of nitrogens with zero attached hydrogens (tertiary/aromatic N) is 4. The largest absolute Gasteiger partial charge is 0.354 e. The normalized spacial score (nSPS) is 10.4. The summed E-state index contributed by atoms with van der Waals surface area (Å²) in [6.45, 7) is 2.78. The maximum atomic E-state index is 11.4. The average Bonchev–Trinajstić information content (AvgIpc) is 2.95. The Morgan fingerprint density at radius 1 is 1.59 bits per heavy atom. The van der Waals surface area contributed by atoms with Gasteiger partial charge in [-0.3, -0.25) is 4.79 Å². The van der Waals surface area contributed by atoms with Crippen molar-refractivity contribution in [2.24, 2.45) is 0 Å². The fourth-order valence-corrected chi connectivity index (χ4v) is 1.91. The topological polar surface area (TPSA) is 72.7 Å². The molecule has 0 unspecified atom stereocenters. The molecule has 0 fully saturated rings. The number of hydrogen-bond donors (Lipinski definition) is 1. The van der Waals surface area contributed by atoms with E-state index in [4.69, 9.17) is 0 Å². The summed E-state index contributed by atoms with van der Waals surface area (Å²) in [4.78, 5) is 13.7. The van der Waals surface area contributed by atoms with E-state index in [2.05, 4.69) is 20.7 Å². The molecule has 1 amide bonds. The summed E-state index contributed by atoms with van der Waals surface area (Å²) in [5, 5.41) is 16.6. The van der Waals surface area contributed by atoms with Crippen LogP contribution in [0, 0.1) is 0 Å². The quantitative estimate of drug-likeness (QED) is 0.858. The Morgan fingerprint density at radius 2 is 2.47 bits per heavy atom. The second-order valence-electron chi connectivity index (χ2n) is 3.47. The standard InChI is InChI=1S/C10H13N5OS/c1-2-5-11-9(16)7-15-13-10(12-14-15)8-4-3-6-17-8/h3-4,6H,2,5,7H2,1H3,(H,11,16). The molecule has 0 aliphatic heterocycles. The van der Waals surface area contributed by atoms with Crippen LogP contribution in [-0.4, -0.2) is 32.7 Å². The summed E-state index contributed by atoms with van der Waals surface area (Å²) < 4.78 is 0. The molecule has 1 N–H and O–H groups in total. The summed E-state index contributed by atoms with van der Waals surface area (Å²) >= 11 is 1.54. The van der Waals surface area contributed by atoms with E-state index >= 15 is 0 Å². The first-order valence-corrected chi connectivity index (χ1v) is 6.26. The molecule has 0 atom stereocenters. The van der Waals surface area contributed by atoms with Gasteiger partial charge in [-0.15, -0.1) is 21.5 Å². The van der Waals surface area contributed by atoms with Crippen LogP contribution in [0.2, 0.25) is 0 Å². The molecule has 90 valence electrons. The summed E-state index contributed by atoms with van der Waals surface area (Å²) in [6.07, 6.45) is 0.914. The van der Waals surface area contributed by atoms with Gasteiger partial charge in [0.2, 0.25) is 11.7 Å². The number of aromatic nitrogens is 4. The highest BCUT2D eigenvalue weighted by molar-refractivity contribution is 7.13. The van der Waals surface area contributed by atoms with Crippen LogP contribution in [0.25, 0.3) is 10.7 Å². The van der Waals surface area contributed by atoms with Crippen molar-refractivity contribution in [3.63, 3.8) is 0 Å². The van der Waals surface area contributed by atoms with Crippen LogP contribution < -0.4 is 5.32 Å². The molecule has 6 nitrogen and oxygen atoms in total. The lowest BCUT2D eigenvalue weighted by atomic mass is 10.4. The number of thiophene rings is 1. The molecule has 2 heterocycles. The van der Waals surface area contributed by atoms with Crippen LogP contribution in [-0.2, 0) is 11.3 Å². The minimum absolute atomic E-state index is 0.0954. The number of nitrogens with one attached hydrogen (secondary N) is 1. The minimum atomic E-state index is -0.0954. The van der Waals surface area contributed by atoms with Crippen LogP contribution in [0.1, 0.15) is 13.3 Å². The van der Waals surface area contributed by atoms with Gasteiger partial charge < -0.3 is 5.32 Å². The first kappa shape index (κ1) is 11.7. The maximum Gasteiger partial charge on any atom is 0.243 e. The Balaban J connectivity index is 1.97. The van der Waals surface area contributed by atoms with E-state index in [1.165, 1.54) is 4.80 Å². The number of tetrazole rings is 1. The Labute approximate surface area is 103 Å². The van der Waals surface area contributed by atoms with E-state index in [9.17, 15) is 4.79 Å². The van der Waals surface area contributed by atoms with Gasteiger partial charge >= 0.3 is 0 Å². The maximum absolute atomic E-state index is 11.4. The van der Waals surface area contributed by atoms with Crippen molar-refractivity contribution < 1.29 is 4.79 Å². The van der Waals surface area contributed by atoms with Crippen LogP contribution in [0.3, 0.4) is 0 Å². The van der Waals surface area contributed by atoms with E-state index in [1.807, 2.05) is 24.4 Å². The first-order valence-electron chi connectivity index (χ1n) is 5.38. The van der Waals surface area contributed by atoms with Gasteiger partial charge in [0.25, 0.3) is 0 Å².